The molecule has 0 bridgehead atoms. The molecule has 3 heterocycles. The molecule has 4 rings (SSSR count). The molecule has 12 heteroatoms. The van der Waals surface area contributed by atoms with Gasteiger partial charge in [-0.25, -0.2) is 9.37 Å². The molecule has 0 aliphatic carbocycles. The van der Waals surface area contributed by atoms with Gasteiger partial charge in [-0.15, -0.1) is 10.2 Å². The predicted molar refractivity (Wildman–Crippen MR) is 154 cm³/mol. The molecule has 11 nitrogen and oxygen atoms in total. The van der Waals surface area contributed by atoms with Gasteiger partial charge in [-0.2, -0.15) is 0 Å². The summed E-state index contributed by atoms with van der Waals surface area (Å²) in [5.41, 5.74) is 5.52. The average Bonchev–Trinajstić information content (AvgIpc) is 3.35. The second kappa shape index (κ2) is 13.1. The maximum Gasteiger partial charge on any atom is 0.282 e. The van der Waals surface area contributed by atoms with Crippen LogP contribution < -0.4 is 20.7 Å². The number of hydrogen-bond acceptors (Lipinski definition) is 9. The van der Waals surface area contributed by atoms with Crippen molar-refractivity contribution >= 4 is 17.6 Å². The van der Waals surface area contributed by atoms with Crippen LogP contribution in [0.15, 0.2) is 24.5 Å². The Morgan fingerprint density at radius 3 is 2.63 bits per heavy atom. The SMILES string of the molecule is CCN(C(=O)c1cc(F)ccc1Oc1nncnc1N1CCC2(C1)CN([C@H](CCNCC(N)=O)C(C)C)C2)C(C)C. The molecule has 0 saturated carbocycles. The van der Waals surface area contributed by atoms with Crippen molar-refractivity contribution in [3.63, 3.8) is 0 Å². The van der Waals surface area contributed by atoms with Gasteiger partial charge in [0.2, 0.25) is 5.91 Å². The molecular weight excluding hydrogens is 527 g/mol. The van der Waals surface area contributed by atoms with Crippen LogP contribution in [0.5, 0.6) is 11.6 Å². The van der Waals surface area contributed by atoms with E-state index in [-0.39, 0.29) is 47.0 Å². The normalized spacial score (nSPS) is 17.2. The molecule has 1 aromatic carbocycles. The summed E-state index contributed by atoms with van der Waals surface area (Å²) in [5.74, 6) is 0.279. The highest BCUT2D eigenvalue weighted by Crippen LogP contribution is 2.44. The predicted octanol–water partition coefficient (Wildman–Crippen LogP) is 2.68. The number of primary amides is 1. The zero-order valence-electron chi connectivity index (χ0n) is 24.8. The molecule has 0 radical (unpaired) electrons. The number of rotatable bonds is 13. The Morgan fingerprint density at radius 1 is 1.22 bits per heavy atom. The molecule has 1 atom stereocenters. The molecule has 1 aromatic heterocycles. The third kappa shape index (κ3) is 7.10. The number of likely N-dealkylation sites (tertiary alicyclic amines) is 1. The number of carbonyl (C=O) groups is 2. The van der Waals surface area contributed by atoms with E-state index in [1.165, 1.54) is 24.5 Å². The first-order valence-corrected chi connectivity index (χ1v) is 14.5. The van der Waals surface area contributed by atoms with Gasteiger partial charge in [0, 0.05) is 50.2 Å². The van der Waals surface area contributed by atoms with E-state index in [4.69, 9.17) is 10.5 Å². The zero-order valence-corrected chi connectivity index (χ0v) is 24.8. The van der Waals surface area contributed by atoms with Gasteiger partial charge in [-0.3, -0.25) is 14.5 Å². The minimum absolute atomic E-state index is 0.0538. The van der Waals surface area contributed by atoms with Crippen LogP contribution in [0.3, 0.4) is 0 Å². The van der Waals surface area contributed by atoms with Crippen molar-refractivity contribution in [2.75, 3.05) is 50.7 Å². The molecule has 2 saturated heterocycles. The number of nitrogens with two attached hydrogens (primary N) is 1. The van der Waals surface area contributed by atoms with Crippen molar-refractivity contribution in [3.8, 4) is 11.6 Å². The van der Waals surface area contributed by atoms with Crippen LogP contribution in [0.25, 0.3) is 0 Å². The van der Waals surface area contributed by atoms with E-state index < -0.39 is 5.82 Å². The summed E-state index contributed by atoms with van der Waals surface area (Å²) in [6.45, 7) is 15.2. The fourth-order valence-electron chi connectivity index (χ4n) is 6.13. The summed E-state index contributed by atoms with van der Waals surface area (Å²) in [5, 5.41) is 11.3. The number of aromatic nitrogens is 3. The highest BCUT2D eigenvalue weighted by atomic mass is 19.1. The topological polar surface area (TPSA) is 130 Å². The van der Waals surface area contributed by atoms with Crippen LogP contribution in [0.4, 0.5) is 10.2 Å². The second-order valence-electron chi connectivity index (χ2n) is 11.8. The summed E-state index contributed by atoms with van der Waals surface area (Å²) in [6, 6.07) is 4.28. The van der Waals surface area contributed by atoms with Crippen molar-refractivity contribution in [1.29, 1.82) is 0 Å². The first-order valence-electron chi connectivity index (χ1n) is 14.5. The van der Waals surface area contributed by atoms with Crippen molar-refractivity contribution in [2.45, 2.75) is 59.5 Å². The van der Waals surface area contributed by atoms with Crippen LogP contribution >= 0.6 is 0 Å². The number of carbonyl (C=O) groups excluding carboxylic acids is 2. The first-order chi connectivity index (χ1) is 19.5. The fourth-order valence-corrected chi connectivity index (χ4v) is 6.13. The smallest absolute Gasteiger partial charge is 0.282 e. The lowest BCUT2D eigenvalue weighted by molar-refractivity contribution is -0.117. The van der Waals surface area contributed by atoms with Gasteiger partial charge in [-0.05, 0) is 64.3 Å². The monoisotopic (exact) mass is 570 g/mol. The van der Waals surface area contributed by atoms with Crippen molar-refractivity contribution in [3.05, 3.63) is 35.9 Å². The molecule has 3 N–H and O–H groups in total. The van der Waals surface area contributed by atoms with Gasteiger partial charge in [0.05, 0.1) is 12.1 Å². The van der Waals surface area contributed by atoms with Gasteiger partial charge in [0.1, 0.15) is 17.9 Å². The van der Waals surface area contributed by atoms with Crippen LogP contribution in [0.1, 0.15) is 57.8 Å². The van der Waals surface area contributed by atoms with Gasteiger partial charge >= 0.3 is 0 Å². The molecule has 41 heavy (non-hydrogen) atoms. The Hall–Kier alpha value is -3.38. The van der Waals surface area contributed by atoms with E-state index >= 15 is 0 Å². The highest BCUT2D eigenvalue weighted by molar-refractivity contribution is 5.97. The Morgan fingerprint density at radius 2 is 1.98 bits per heavy atom. The molecular formula is C29H43FN8O3. The molecule has 2 amide bonds. The Kier molecular flexibility index (Phi) is 9.75. The third-order valence-electron chi connectivity index (χ3n) is 8.14. The highest BCUT2D eigenvalue weighted by Gasteiger charge is 2.50. The number of nitrogens with zero attached hydrogens (tertiary/aromatic N) is 6. The lowest BCUT2D eigenvalue weighted by Gasteiger charge is -2.53. The van der Waals surface area contributed by atoms with Gasteiger partial charge < -0.3 is 25.6 Å². The van der Waals surface area contributed by atoms with Crippen LogP contribution in [-0.2, 0) is 4.79 Å². The Balaban J connectivity index is 1.45. The van der Waals surface area contributed by atoms with Crippen LogP contribution in [0.2, 0.25) is 0 Å². The zero-order chi connectivity index (χ0) is 29.7. The number of anilines is 1. The van der Waals surface area contributed by atoms with Crippen molar-refractivity contribution in [1.82, 2.24) is 30.3 Å². The molecule has 2 aromatic rings. The van der Waals surface area contributed by atoms with E-state index in [9.17, 15) is 14.0 Å². The number of benzene rings is 1. The van der Waals surface area contributed by atoms with Gasteiger partial charge in [0.15, 0.2) is 5.82 Å². The molecule has 0 unspecified atom stereocenters. The van der Waals surface area contributed by atoms with Crippen molar-refractivity contribution in [2.24, 2.45) is 17.1 Å². The standard InChI is InChI=1S/C29H43FN8O3/c1-6-38(20(4)5)28(40)22-13-21(30)7-8-24(22)41-27-26(33-18-34-35-27)36-12-10-29(15-36)16-37(17-29)23(19(2)3)9-11-32-14-25(31)39/h7-8,13,18-20,23,32H,6,9-12,14-17H2,1-5H3,(H2,31,39)/t23-/m1/s1. The van der Waals surface area contributed by atoms with Crippen LogP contribution in [0, 0.1) is 17.2 Å². The van der Waals surface area contributed by atoms with Gasteiger partial charge in [0.25, 0.3) is 11.8 Å². The van der Waals surface area contributed by atoms with Crippen LogP contribution in [-0.4, -0.2) is 94.7 Å². The van der Waals surface area contributed by atoms with E-state index in [1.807, 2.05) is 20.8 Å². The van der Waals surface area contributed by atoms with E-state index in [0.717, 1.165) is 45.6 Å². The quantitative estimate of drug-likeness (QED) is 0.349. The number of halogens is 1. The first kappa shape index (κ1) is 30.6. The maximum absolute atomic E-state index is 14.2. The van der Waals surface area contributed by atoms with Crippen molar-refractivity contribution < 1.29 is 18.7 Å². The van der Waals surface area contributed by atoms with Gasteiger partial charge in [-0.1, -0.05) is 13.8 Å². The number of ether oxygens (including phenoxy) is 1. The minimum atomic E-state index is -0.516. The molecule has 2 fully saturated rings. The molecule has 224 valence electrons. The summed E-state index contributed by atoms with van der Waals surface area (Å²) in [4.78, 5) is 35.2. The minimum Gasteiger partial charge on any atom is -0.434 e. The Labute approximate surface area is 241 Å². The molecule has 2 aliphatic rings. The summed E-state index contributed by atoms with van der Waals surface area (Å²) >= 11 is 0. The molecule has 2 aliphatic heterocycles. The Bertz CT molecular complexity index is 1220. The number of nitrogens with one attached hydrogen (secondary N) is 1. The maximum atomic E-state index is 14.2. The van der Waals surface area contributed by atoms with E-state index in [0.29, 0.717) is 24.3 Å². The van der Waals surface area contributed by atoms with E-state index in [1.54, 1.807) is 4.90 Å². The lowest BCUT2D eigenvalue weighted by Crippen LogP contribution is -2.62. The van der Waals surface area contributed by atoms with E-state index in [2.05, 4.69) is 44.1 Å². The summed E-state index contributed by atoms with van der Waals surface area (Å²) < 4.78 is 20.4. The lowest BCUT2D eigenvalue weighted by atomic mass is 9.76. The average molecular weight is 571 g/mol. The summed E-state index contributed by atoms with van der Waals surface area (Å²) in [7, 11) is 0. The number of hydrogen-bond donors (Lipinski definition) is 2. The third-order valence-corrected chi connectivity index (χ3v) is 8.14. The number of amides is 2. The largest absolute Gasteiger partial charge is 0.434 e. The second-order valence-corrected chi connectivity index (χ2v) is 11.8. The fraction of sp³-hybridized carbons (Fsp3) is 0.621. The molecule has 1 spiro atoms. The summed E-state index contributed by atoms with van der Waals surface area (Å²) in [6.07, 6.45) is 3.35.